The second kappa shape index (κ2) is 7.07. The van der Waals surface area contributed by atoms with E-state index >= 15 is 0 Å². The fourth-order valence-corrected chi connectivity index (χ4v) is 9.52. The van der Waals surface area contributed by atoms with Gasteiger partial charge in [0.25, 0.3) is 0 Å². The first-order chi connectivity index (χ1) is 14.6. The average molecular weight is 409 g/mol. The van der Waals surface area contributed by atoms with E-state index in [1.807, 2.05) is 0 Å². The van der Waals surface area contributed by atoms with Crippen LogP contribution in [0, 0.1) is 40.4 Å². The van der Waals surface area contributed by atoms with Crippen molar-refractivity contribution in [2.75, 3.05) is 13.2 Å². The van der Waals surface area contributed by atoms with Crippen LogP contribution in [0.5, 0.6) is 0 Å². The molecule has 0 bridgehead atoms. The smallest absolute Gasteiger partial charge is 0.177 e. The molecule has 0 radical (unpaired) electrons. The molecule has 7 atom stereocenters. The summed E-state index contributed by atoms with van der Waals surface area (Å²) in [6.07, 6.45) is 13.9. The molecule has 7 unspecified atom stereocenters. The van der Waals surface area contributed by atoms with Crippen molar-refractivity contribution in [3.8, 4) is 0 Å². The van der Waals surface area contributed by atoms with Crippen LogP contribution >= 0.6 is 0 Å². The molecule has 2 nitrogen and oxygen atoms in total. The summed E-state index contributed by atoms with van der Waals surface area (Å²) < 4.78 is 13.3. The molecule has 1 spiro atoms. The average Bonchev–Trinajstić information content (AvgIpc) is 3.34. The van der Waals surface area contributed by atoms with Gasteiger partial charge < -0.3 is 9.47 Å². The molecule has 1 aliphatic heterocycles. The molecule has 164 valence electrons. The normalized spacial score (nSPS) is 46.9. The van der Waals surface area contributed by atoms with E-state index in [0.717, 1.165) is 43.3 Å². The highest BCUT2D eigenvalue weighted by Crippen LogP contribution is 2.71. The van der Waals surface area contributed by atoms with Crippen LogP contribution in [0.1, 0.15) is 77.2 Å². The van der Waals surface area contributed by atoms with Crippen LogP contribution in [0.3, 0.4) is 0 Å². The van der Waals surface area contributed by atoms with E-state index < -0.39 is 0 Å². The van der Waals surface area contributed by atoms with Crippen molar-refractivity contribution in [3.63, 3.8) is 0 Å². The minimum atomic E-state index is -0.344. The summed E-state index contributed by atoms with van der Waals surface area (Å²) in [5.74, 6) is 3.72. The van der Waals surface area contributed by atoms with Crippen LogP contribution in [0.2, 0.25) is 0 Å². The largest absolute Gasteiger partial charge is 0.347 e. The second-order valence-electron chi connectivity index (χ2n) is 11.8. The molecule has 0 amide bonds. The van der Waals surface area contributed by atoms with E-state index in [4.69, 9.17) is 9.47 Å². The first-order valence-electron chi connectivity index (χ1n) is 12.9. The molecule has 5 fully saturated rings. The minimum absolute atomic E-state index is 0.183. The lowest BCUT2D eigenvalue weighted by Crippen LogP contribution is -2.57. The van der Waals surface area contributed by atoms with E-state index in [2.05, 4.69) is 44.2 Å². The number of benzene rings is 1. The maximum atomic E-state index is 6.65. The standard InChI is InChI=1S/C28H40O2/c1-26-14-7-6-10-21(26)11-12-23-24(26)13-15-27(2)25(23)19-22(28(27)29-16-17-30-28)18-20-8-4-3-5-9-20/h3-5,8-9,21-25H,6-7,10-19H2,1-2H3. The van der Waals surface area contributed by atoms with Crippen molar-refractivity contribution in [1.29, 1.82) is 0 Å². The van der Waals surface area contributed by atoms with E-state index in [0.29, 0.717) is 11.3 Å². The Labute approximate surface area is 183 Å². The number of hydrogen-bond acceptors (Lipinski definition) is 2. The minimum Gasteiger partial charge on any atom is -0.347 e. The monoisotopic (exact) mass is 408 g/mol. The predicted molar refractivity (Wildman–Crippen MR) is 120 cm³/mol. The first-order valence-corrected chi connectivity index (χ1v) is 12.9. The van der Waals surface area contributed by atoms with Gasteiger partial charge in [-0.1, -0.05) is 57.0 Å². The molecule has 4 saturated carbocycles. The third kappa shape index (κ3) is 2.62. The van der Waals surface area contributed by atoms with Crippen molar-refractivity contribution in [1.82, 2.24) is 0 Å². The van der Waals surface area contributed by atoms with Crippen molar-refractivity contribution in [3.05, 3.63) is 35.9 Å². The molecule has 30 heavy (non-hydrogen) atoms. The summed E-state index contributed by atoms with van der Waals surface area (Å²) >= 11 is 0. The van der Waals surface area contributed by atoms with E-state index in [9.17, 15) is 0 Å². The highest BCUT2D eigenvalue weighted by molar-refractivity contribution is 5.20. The lowest BCUT2D eigenvalue weighted by atomic mass is 9.45. The summed E-state index contributed by atoms with van der Waals surface area (Å²) in [6, 6.07) is 11.1. The quantitative estimate of drug-likeness (QED) is 0.547. The van der Waals surface area contributed by atoms with Crippen LogP contribution in [0.15, 0.2) is 30.3 Å². The van der Waals surface area contributed by atoms with Crippen molar-refractivity contribution >= 4 is 0 Å². The molecule has 1 aromatic carbocycles. The van der Waals surface area contributed by atoms with Gasteiger partial charge in [0.1, 0.15) is 0 Å². The van der Waals surface area contributed by atoms with Gasteiger partial charge in [-0.3, -0.25) is 0 Å². The fraction of sp³-hybridized carbons (Fsp3) is 0.786. The molecular formula is C28H40O2. The summed E-state index contributed by atoms with van der Waals surface area (Å²) in [5.41, 5.74) is 2.23. The van der Waals surface area contributed by atoms with Crippen LogP contribution in [0.4, 0.5) is 0 Å². The van der Waals surface area contributed by atoms with Gasteiger partial charge in [-0.15, -0.1) is 0 Å². The number of hydrogen-bond donors (Lipinski definition) is 0. The van der Waals surface area contributed by atoms with Gasteiger partial charge in [-0.2, -0.15) is 0 Å². The molecule has 1 saturated heterocycles. The molecule has 1 aromatic rings. The fourth-order valence-electron chi connectivity index (χ4n) is 9.52. The van der Waals surface area contributed by atoms with Crippen molar-refractivity contribution in [2.24, 2.45) is 40.4 Å². The Bertz CT molecular complexity index is 768. The van der Waals surface area contributed by atoms with Crippen LogP contribution in [-0.4, -0.2) is 19.0 Å². The Hall–Kier alpha value is -0.860. The molecular weight excluding hydrogens is 368 g/mol. The van der Waals surface area contributed by atoms with Gasteiger partial charge in [0, 0.05) is 11.3 Å². The Balaban J connectivity index is 1.34. The SMILES string of the molecule is CC12CCCCC1CCC1C2CCC2(C)C1CC(Cc1ccccc1)C21OCCO1. The van der Waals surface area contributed by atoms with E-state index in [1.54, 1.807) is 0 Å². The maximum Gasteiger partial charge on any atom is 0.177 e. The maximum absolute atomic E-state index is 6.65. The molecule has 1 heterocycles. The predicted octanol–water partition coefficient (Wildman–Crippen LogP) is 6.63. The lowest BCUT2D eigenvalue weighted by Gasteiger charge is -2.61. The van der Waals surface area contributed by atoms with Crippen molar-refractivity contribution < 1.29 is 9.47 Å². The Kier molecular flexibility index (Phi) is 4.67. The van der Waals surface area contributed by atoms with Crippen LogP contribution < -0.4 is 0 Å². The summed E-state index contributed by atoms with van der Waals surface area (Å²) in [5, 5.41) is 0. The topological polar surface area (TPSA) is 18.5 Å². The van der Waals surface area contributed by atoms with Gasteiger partial charge in [0.15, 0.2) is 5.79 Å². The van der Waals surface area contributed by atoms with E-state index in [1.165, 1.54) is 63.4 Å². The zero-order valence-electron chi connectivity index (χ0n) is 19.1. The second-order valence-corrected chi connectivity index (χ2v) is 11.8. The number of fused-ring (bicyclic) bond motifs is 6. The molecule has 4 aliphatic carbocycles. The summed E-state index contributed by atoms with van der Waals surface area (Å²) in [7, 11) is 0. The molecule has 0 aromatic heterocycles. The highest BCUT2D eigenvalue weighted by atomic mass is 16.7. The van der Waals surface area contributed by atoms with Gasteiger partial charge in [-0.05, 0) is 86.0 Å². The molecule has 5 aliphatic rings. The lowest BCUT2D eigenvalue weighted by molar-refractivity contribution is -0.264. The Morgan fingerprint density at radius 1 is 0.867 bits per heavy atom. The van der Waals surface area contributed by atoms with Crippen LogP contribution in [0.25, 0.3) is 0 Å². The van der Waals surface area contributed by atoms with Crippen LogP contribution in [-0.2, 0) is 15.9 Å². The van der Waals surface area contributed by atoms with Gasteiger partial charge in [0.05, 0.1) is 13.2 Å². The van der Waals surface area contributed by atoms with E-state index in [-0.39, 0.29) is 11.2 Å². The molecule has 6 rings (SSSR count). The zero-order valence-corrected chi connectivity index (χ0v) is 19.1. The number of rotatable bonds is 2. The first kappa shape index (κ1) is 19.8. The van der Waals surface area contributed by atoms with Gasteiger partial charge in [0.2, 0.25) is 0 Å². The summed E-state index contributed by atoms with van der Waals surface area (Å²) in [6.45, 7) is 6.80. The molecule has 2 heteroatoms. The van der Waals surface area contributed by atoms with Gasteiger partial charge in [-0.25, -0.2) is 0 Å². The number of ether oxygens (including phenoxy) is 2. The third-order valence-electron chi connectivity index (χ3n) is 10.9. The highest BCUT2D eigenvalue weighted by Gasteiger charge is 2.70. The van der Waals surface area contributed by atoms with Gasteiger partial charge >= 0.3 is 0 Å². The summed E-state index contributed by atoms with van der Waals surface area (Å²) in [4.78, 5) is 0. The zero-order chi connectivity index (χ0) is 20.4. The van der Waals surface area contributed by atoms with Crippen molar-refractivity contribution in [2.45, 2.75) is 83.8 Å². The Morgan fingerprint density at radius 2 is 1.67 bits per heavy atom. The third-order valence-corrected chi connectivity index (χ3v) is 10.9. The molecule has 0 N–H and O–H groups in total. The Morgan fingerprint density at radius 3 is 2.47 bits per heavy atom.